The number of fused-ring (bicyclic) bond motifs is 1. The second kappa shape index (κ2) is 2.85. The average molecular weight is 241 g/mol. The zero-order valence-corrected chi connectivity index (χ0v) is 8.02. The van der Waals surface area contributed by atoms with Crippen LogP contribution in [-0.2, 0) is 0 Å². The van der Waals surface area contributed by atoms with Crippen LogP contribution in [0.25, 0.3) is 5.52 Å². The van der Waals surface area contributed by atoms with Crippen molar-refractivity contribution in [1.29, 1.82) is 0 Å². The normalized spacial score (nSPS) is 10.5. The Morgan fingerprint density at radius 2 is 2.31 bits per heavy atom. The number of nitrogens with zero attached hydrogens (tertiary/aromatic N) is 2. The second-order valence-corrected chi connectivity index (χ2v) is 3.28. The predicted octanol–water partition coefficient (Wildman–Crippen LogP) is 1.79. The first-order chi connectivity index (χ1) is 6.20. The Bertz CT molecular complexity index is 478. The van der Waals surface area contributed by atoms with Crippen LogP contribution in [0.5, 0.6) is 0 Å². The molecule has 2 aromatic heterocycles. The summed E-state index contributed by atoms with van der Waals surface area (Å²) < 4.78 is 2.18. The first-order valence-corrected chi connectivity index (χ1v) is 4.33. The maximum atomic E-state index is 10.7. The molecule has 2 heterocycles. The number of carboxylic acids is 1. The molecule has 66 valence electrons. The highest BCUT2D eigenvalue weighted by Crippen LogP contribution is 2.18. The summed E-state index contributed by atoms with van der Waals surface area (Å²) in [4.78, 5) is 14.6. The third-order valence-electron chi connectivity index (χ3n) is 1.75. The molecule has 2 rings (SSSR count). The van der Waals surface area contributed by atoms with E-state index in [1.54, 1.807) is 29.1 Å². The average Bonchev–Trinajstić information content (AvgIpc) is 2.52. The van der Waals surface area contributed by atoms with Gasteiger partial charge in [0.2, 0.25) is 0 Å². The van der Waals surface area contributed by atoms with Crippen molar-refractivity contribution >= 4 is 27.4 Å². The topological polar surface area (TPSA) is 54.6 Å². The summed E-state index contributed by atoms with van der Waals surface area (Å²) in [6.07, 6.45) is 3.22. The van der Waals surface area contributed by atoms with Gasteiger partial charge in [-0.15, -0.1) is 0 Å². The number of hydrogen-bond acceptors (Lipinski definition) is 2. The predicted molar refractivity (Wildman–Crippen MR) is 49.9 cm³/mol. The van der Waals surface area contributed by atoms with Crippen LogP contribution in [0.2, 0.25) is 0 Å². The van der Waals surface area contributed by atoms with E-state index < -0.39 is 5.97 Å². The molecule has 0 amide bonds. The minimum Gasteiger partial charge on any atom is -0.478 e. The zero-order chi connectivity index (χ0) is 9.42. The lowest BCUT2D eigenvalue weighted by Gasteiger charge is -2.01. The van der Waals surface area contributed by atoms with Gasteiger partial charge >= 0.3 is 5.97 Å². The largest absolute Gasteiger partial charge is 0.478 e. The number of carboxylic acid groups (broad SMARTS) is 1. The van der Waals surface area contributed by atoms with Crippen molar-refractivity contribution in [2.75, 3.05) is 0 Å². The molecule has 0 aliphatic rings. The summed E-state index contributed by atoms with van der Waals surface area (Å²) in [5, 5.41) is 8.80. The van der Waals surface area contributed by atoms with E-state index in [1.165, 1.54) is 0 Å². The van der Waals surface area contributed by atoms with Crippen molar-refractivity contribution in [2.45, 2.75) is 0 Å². The summed E-state index contributed by atoms with van der Waals surface area (Å²) >= 11 is 3.20. The number of aromatic carboxylic acids is 1. The van der Waals surface area contributed by atoms with E-state index >= 15 is 0 Å². The summed E-state index contributed by atoms with van der Waals surface area (Å²) in [5.41, 5.74) is 1.09. The molecule has 2 aromatic rings. The van der Waals surface area contributed by atoms with E-state index in [0.29, 0.717) is 4.60 Å². The Morgan fingerprint density at radius 1 is 1.54 bits per heavy atom. The molecule has 0 saturated heterocycles. The van der Waals surface area contributed by atoms with Crippen LogP contribution in [0, 0.1) is 0 Å². The molecule has 0 spiro atoms. The molecule has 0 radical (unpaired) electrons. The van der Waals surface area contributed by atoms with Crippen molar-refractivity contribution in [2.24, 2.45) is 0 Å². The van der Waals surface area contributed by atoms with Gasteiger partial charge in [-0.25, -0.2) is 9.78 Å². The smallest absolute Gasteiger partial charge is 0.338 e. The van der Waals surface area contributed by atoms with Gasteiger partial charge in [0.05, 0.1) is 17.3 Å². The van der Waals surface area contributed by atoms with Crippen molar-refractivity contribution in [3.05, 3.63) is 34.8 Å². The molecule has 0 unspecified atom stereocenters. The summed E-state index contributed by atoms with van der Waals surface area (Å²) in [7, 11) is 0. The van der Waals surface area contributed by atoms with Gasteiger partial charge in [0, 0.05) is 0 Å². The number of rotatable bonds is 1. The first-order valence-electron chi connectivity index (χ1n) is 3.54. The van der Waals surface area contributed by atoms with Crippen molar-refractivity contribution < 1.29 is 9.90 Å². The van der Waals surface area contributed by atoms with E-state index in [2.05, 4.69) is 20.9 Å². The van der Waals surface area contributed by atoms with Crippen LogP contribution < -0.4 is 0 Å². The first kappa shape index (κ1) is 8.25. The number of pyridine rings is 1. The van der Waals surface area contributed by atoms with Gasteiger partial charge < -0.3 is 5.11 Å². The van der Waals surface area contributed by atoms with Crippen LogP contribution in [-0.4, -0.2) is 20.5 Å². The molecule has 0 fully saturated rings. The molecule has 0 aromatic carbocycles. The lowest BCUT2D eigenvalue weighted by molar-refractivity contribution is 0.0695. The Balaban J connectivity index is 2.80. The standard InChI is InChI=1S/C8H5BrN2O2/c9-7-6(8(12)13)2-1-5-3-10-4-11(5)7/h1-4H,(H,12,13). The van der Waals surface area contributed by atoms with E-state index in [-0.39, 0.29) is 5.56 Å². The SMILES string of the molecule is O=C(O)c1ccc2cncn2c1Br. The molecule has 0 saturated carbocycles. The fourth-order valence-electron chi connectivity index (χ4n) is 1.12. The molecule has 0 atom stereocenters. The van der Waals surface area contributed by atoms with Crippen LogP contribution in [0.4, 0.5) is 0 Å². The van der Waals surface area contributed by atoms with Gasteiger partial charge in [-0.1, -0.05) is 0 Å². The lowest BCUT2D eigenvalue weighted by Crippen LogP contribution is -2.00. The number of carbonyl (C=O) groups is 1. The van der Waals surface area contributed by atoms with Gasteiger partial charge in [-0.3, -0.25) is 4.40 Å². The fraction of sp³-hybridized carbons (Fsp3) is 0. The van der Waals surface area contributed by atoms with Crippen molar-refractivity contribution in [3.63, 3.8) is 0 Å². The molecule has 0 aliphatic carbocycles. The van der Waals surface area contributed by atoms with Crippen LogP contribution in [0.3, 0.4) is 0 Å². The monoisotopic (exact) mass is 240 g/mol. The molecule has 4 nitrogen and oxygen atoms in total. The van der Waals surface area contributed by atoms with E-state index in [1.807, 2.05) is 0 Å². The highest BCUT2D eigenvalue weighted by Gasteiger charge is 2.10. The van der Waals surface area contributed by atoms with Crippen molar-refractivity contribution in [3.8, 4) is 0 Å². The molecule has 0 bridgehead atoms. The minimum absolute atomic E-state index is 0.227. The highest BCUT2D eigenvalue weighted by molar-refractivity contribution is 9.10. The Morgan fingerprint density at radius 3 is 3.00 bits per heavy atom. The molecule has 5 heteroatoms. The lowest BCUT2D eigenvalue weighted by atomic mass is 10.3. The van der Waals surface area contributed by atoms with Crippen LogP contribution in [0.1, 0.15) is 10.4 Å². The number of hydrogen-bond donors (Lipinski definition) is 1. The number of aromatic nitrogens is 2. The molecule has 0 aliphatic heterocycles. The van der Waals surface area contributed by atoms with E-state index in [4.69, 9.17) is 5.11 Å². The summed E-state index contributed by atoms with van der Waals surface area (Å²) in [5.74, 6) is -0.956. The quantitative estimate of drug-likeness (QED) is 0.774. The van der Waals surface area contributed by atoms with Gasteiger partial charge in [0.1, 0.15) is 10.9 Å². The Kier molecular flexibility index (Phi) is 1.81. The van der Waals surface area contributed by atoms with E-state index in [9.17, 15) is 4.79 Å². The Labute approximate surface area is 82.0 Å². The third-order valence-corrected chi connectivity index (χ3v) is 2.56. The number of imidazole rings is 1. The summed E-state index contributed by atoms with van der Waals surface area (Å²) in [6, 6.07) is 3.25. The third kappa shape index (κ3) is 1.21. The summed E-state index contributed by atoms with van der Waals surface area (Å²) in [6.45, 7) is 0. The van der Waals surface area contributed by atoms with Gasteiger partial charge in [-0.2, -0.15) is 0 Å². The minimum atomic E-state index is -0.956. The maximum Gasteiger partial charge on any atom is 0.338 e. The van der Waals surface area contributed by atoms with Gasteiger partial charge in [0.15, 0.2) is 0 Å². The maximum absolute atomic E-state index is 10.7. The van der Waals surface area contributed by atoms with Gasteiger partial charge in [0.25, 0.3) is 0 Å². The Hall–Kier alpha value is -1.36. The molecule has 1 N–H and O–H groups in total. The van der Waals surface area contributed by atoms with E-state index in [0.717, 1.165) is 5.52 Å². The highest BCUT2D eigenvalue weighted by atomic mass is 79.9. The van der Waals surface area contributed by atoms with Crippen LogP contribution >= 0.6 is 15.9 Å². The van der Waals surface area contributed by atoms with Crippen LogP contribution in [0.15, 0.2) is 29.3 Å². The molecule has 13 heavy (non-hydrogen) atoms. The van der Waals surface area contributed by atoms with Gasteiger partial charge in [-0.05, 0) is 28.1 Å². The van der Waals surface area contributed by atoms with Crippen molar-refractivity contribution in [1.82, 2.24) is 9.38 Å². The molecular weight excluding hydrogens is 236 g/mol. The second-order valence-electron chi connectivity index (χ2n) is 2.53. The molecular formula is C8H5BrN2O2. The fourth-order valence-corrected chi connectivity index (χ4v) is 1.72. The number of halogens is 1. The zero-order valence-electron chi connectivity index (χ0n) is 6.44.